The number of halogens is 1. The van der Waals surface area contributed by atoms with Gasteiger partial charge < -0.3 is 9.64 Å². The quantitative estimate of drug-likeness (QED) is 0.700. The molecule has 26 heavy (non-hydrogen) atoms. The van der Waals surface area contributed by atoms with Crippen molar-refractivity contribution in [3.63, 3.8) is 0 Å². The summed E-state index contributed by atoms with van der Waals surface area (Å²) in [4.78, 5) is 14.3. The van der Waals surface area contributed by atoms with Crippen LogP contribution in [-0.4, -0.2) is 44.1 Å². The molecule has 1 amide bonds. The summed E-state index contributed by atoms with van der Waals surface area (Å²) in [5.74, 6) is 0. The van der Waals surface area contributed by atoms with E-state index in [0.717, 1.165) is 24.8 Å². The van der Waals surface area contributed by atoms with Gasteiger partial charge in [0.05, 0.1) is 4.90 Å². The van der Waals surface area contributed by atoms with Gasteiger partial charge in [-0.2, -0.15) is 0 Å². The van der Waals surface area contributed by atoms with Crippen LogP contribution < -0.4 is 4.72 Å². The first-order valence-corrected chi connectivity index (χ1v) is 11.4. The van der Waals surface area contributed by atoms with Gasteiger partial charge >= 0.3 is 6.09 Å². The topological polar surface area (TPSA) is 75.7 Å². The molecule has 0 spiro atoms. The second-order valence-corrected chi connectivity index (χ2v) is 9.78. The molecule has 0 aliphatic carbocycles. The number of amides is 1. The third kappa shape index (κ3) is 5.96. The molecule has 1 aromatic rings. The van der Waals surface area contributed by atoms with E-state index < -0.39 is 15.6 Å². The number of benzene rings is 1. The molecule has 146 valence electrons. The Balaban J connectivity index is 2.03. The van der Waals surface area contributed by atoms with Gasteiger partial charge in [0.25, 0.3) is 0 Å². The average Bonchev–Trinajstić information content (AvgIpc) is 2.59. The Labute approximate surface area is 164 Å². The second kappa shape index (κ2) is 8.71. The zero-order chi connectivity index (χ0) is 19.4. The molecule has 0 aromatic heterocycles. The third-order valence-corrected chi connectivity index (χ3v) is 6.24. The molecule has 1 fully saturated rings. The maximum Gasteiger partial charge on any atom is 0.410 e. The highest BCUT2D eigenvalue weighted by molar-refractivity contribution is 9.08. The van der Waals surface area contributed by atoms with E-state index in [9.17, 15) is 13.2 Å². The number of nitrogens with one attached hydrogen (secondary N) is 1. The molecule has 1 saturated heterocycles. The van der Waals surface area contributed by atoms with Crippen LogP contribution in [0.2, 0.25) is 0 Å². The normalized spacial score (nSPS) is 18.6. The van der Waals surface area contributed by atoms with Crippen molar-refractivity contribution in [1.82, 2.24) is 9.62 Å². The number of carbonyl (C=O) groups is 1. The van der Waals surface area contributed by atoms with Crippen molar-refractivity contribution in [3.05, 3.63) is 29.8 Å². The number of alkyl halides is 1. The predicted octanol–water partition coefficient (Wildman–Crippen LogP) is 3.65. The largest absolute Gasteiger partial charge is 0.444 e. The molecular weight excluding hydrogens is 420 g/mol. The third-order valence-electron chi connectivity index (χ3n) is 4.15. The lowest BCUT2D eigenvalue weighted by Gasteiger charge is -2.36. The molecule has 1 aromatic carbocycles. The van der Waals surface area contributed by atoms with Crippen LogP contribution >= 0.6 is 15.9 Å². The van der Waals surface area contributed by atoms with Crippen molar-refractivity contribution in [3.8, 4) is 0 Å². The highest BCUT2D eigenvalue weighted by Crippen LogP contribution is 2.21. The lowest BCUT2D eigenvalue weighted by atomic mass is 10.0. The minimum atomic E-state index is -3.61. The molecule has 6 nitrogen and oxygen atoms in total. The van der Waals surface area contributed by atoms with Crippen LogP contribution in [0.25, 0.3) is 0 Å². The van der Waals surface area contributed by atoms with Gasteiger partial charge in [-0.1, -0.05) is 28.1 Å². The fourth-order valence-corrected chi connectivity index (χ4v) is 4.27. The van der Waals surface area contributed by atoms with Crippen molar-refractivity contribution in [1.29, 1.82) is 0 Å². The molecule has 1 aliphatic heterocycles. The summed E-state index contributed by atoms with van der Waals surface area (Å²) in [6.07, 6.45) is 2.23. The van der Waals surface area contributed by atoms with Gasteiger partial charge in [0.2, 0.25) is 10.0 Å². The summed E-state index contributed by atoms with van der Waals surface area (Å²) in [5.41, 5.74) is 0.433. The van der Waals surface area contributed by atoms with E-state index in [4.69, 9.17) is 4.74 Å². The van der Waals surface area contributed by atoms with Crippen molar-refractivity contribution >= 4 is 32.0 Å². The van der Waals surface area contributed by atoms with Crippen LogP contribution in [0, 0.1) is 0 Å². The SMILES string of the molecule is CC(C)(C)OC(=O)N1CCCCC1CNS(=O)(=O)c1ccc(CBr)cc1. The number of carbonyl (C=O) groups excluding carboxylic acids is 1. The van der Waals surface area contributed by atoms with Crippen LogP contribution in [0.4, 0.5) is 4.79 Å². The summed E-state index contributed by atoms with van der Waals surface area (Å²) in [6, 6.07) is 6.53. The number of piperidine rings is 1. The van der Waals surface area contributed by atoms with Gasteiger partial charge in [-0.05, 0) is 57.7 Å². The summed E-state index contributed by atoms with van der Waals surface area (Å²) < 4.78 is 33.1. The lowest BCUT2D eigenvalue weighted by Crippen LogP contribution is -2.50. The first-order valence-electron chi connectivity index (χ1n) is 8.76. The summed E-state index contributed by atoms with van der Waals surface area (Å²) in [7, 11) is -3.61. The summed E-state index contributed by atoms with van der Waals surface area (Å²) in [5, 5.41) is 0.674. The monoisotopic (exact) mass is 446 g/mol. The first kappa shape index (κ1) is 21.2. The summed E-state index contributed by atoms with van der Waals surface area (Å²) >= 11 is 3.34. The highest BCUT2D eigenvalue weighted by Gasteiger charge is 2.31. The van der Waals surface area contributed by atoms with E-state index in [1.165, 1.54) is 0 Å². The maximum atomic E-state index is 12.5. The number of likely N-dealkylation sites (tertiary alicyclic amines) is 1. The first-order chi connectivity index (χ1) is 12.1. The maximum absolute atomic E-state index is 12.5. The van der Waals surface area contributed by atoms with Gasteiger partial charge in [-0.25, -0.2) is 17.9 Å². The average molecular weight is 447 g/mol. The number of rotatable bonds is 5. The molecule has 0 bridgehead atoms. The fourth-order valence-electron chi connectivity index (χ4n) is 2.82. The zero-order valence-corrected chi connectivity index (χ0v) is 17.9. The van der Waals surface area contributed by atoms with Crippen molar-refractivity contribution in [2.75, 3.05) is 13.1 Å². The van der Waals surface area contributed by atoms with Crippen LogP contribution in [0.1, 0.15) is 45.6 Å². The zero-order valence-electron chi connectivity index (χ0n) is 15.5. The molecule has 0 radical (unpaired) electrons. The van der Waals surface area contributed by atoms with E-state index in [1.807, 2.05) is 20.8 Å². The number of ether oxygens (including phenoxy) is 1. The number of sulfonamides is 1. The molecule has 1 atom stereocenters. The van der Waals surface area contributed by atoms with Gasteiger partial charge in [-0.15, -0.1) is 0 Å². The predicted molar refractivity (Wildman–Crippen MR) is 105 cm³/mol. The van der Waals surface area contributed by atoms with E-state index >= 15 is 0 Å². The molecular formula is C18H27BrN2O4S. The number of nitrogens with zero attached hydrogens (tertiary/aromatic N) is 1. The summed E-state index contributed by atoms with van der Waals surface area (Å²) in [6.45, 7) is 6.23. The molecule has 1 unspecified atom stereocenters. The van der Waals surface area contributed by atoms with Crippen molar-refractivity contribution in [2.45, 2.75) is 61.9 Å². The molecule has 2 rings (SSSR count). The Bertz CT molecular complexity index is 714. The minimum absolute atomic E-state index is 0.182. The Morgan fingerprint density at radius 1 is 1.27 bits per heavy atom. The van der Waals surface area contributed by atoms with Crippen LogP contribution in [-0.2, 0) is 20.1 Å². The van der Waals surface area contributed by atoms with Gasteiger partial charge in [0.1, 0.15) is 5.60 Å². The van der Waals surface area contributed by atoms with Crippen molar-refractivity contribution in [2.24, 2.45) is 0 Å². The van der Waals surface area contributed by atoms with Crippen LogP contribution in [0.5, 0.6) is 0 Å². The Hall–Kier alpha value is -1.12. The van der Waals surface area contributed by atoms with Crippen LogP contribution in [0.15, 0.2) is 29.2 Å². The Morgan fingerprint density at radius 2 is 1.92 bits per heavy atom. The number of hydrogen-bond acceptors (Lipinski definition) is 4. The van der Waals surface area contributed by atoms with Gasteiger partial charge in [0, 0.05) is 24.5 Å². The fraction of sp³-hybridized carbons (Fsp3) is 0.611. The Kier molecular flexibility index (Phi) is 7.10. The lowest BCUT2D eigenvalue weighted by molar-refractivity contribution is 0.0105. The molecule has 8 heteroatoms. The van der Waals surface area contributed by atoms with E-state index in [0.29, 0.717) is 11.9 Å². The van der Waals surface area contributed by atoms with E-state index in [-0.39, 0.29) is 23.6 Å². The van der Waals surface area contributed by atoms with Gasteiger partial charge in [-0.3, -0.25) is 0 Å². The molecule has 1 aliphatic rings. The number of hydrogen-bond donors (Lipinski definition) is 1. The Morgan fingerprint density at radius 3 is 2.50 bits per heavy atom. The van der Waals surface area contributed by atoms with Crippen LogP contribution in [0.3, 0.4) is 0 Å². The second-order valence-electron chi connectivity index (χ2n) is 7.45. The van der Waals surface area contributed by atoms with E-state index in [1.54, 1.807) is 29.2 Å². The van der Waals surface area contributed by atoms with E-state index in [2.05, 4.69) is 20.7 Å². The molecule has 1 N–H and O–H groups in total. The standard InChI is InChI=1S/C18H27BrN2O4S/c1-18(2,3)25-17(22)21-11-5-4-6-15(21)13-20-26(23,24)16-9-7-14(12-19)8-10-16/h7-10,15,20H,4-6,11-13H2,1-3H3. The van der Waals surface area contributed by atoms with Crippen molar-refractivity contribution < 1.29 is 17.9 Å². The van der Waals surface area contributed by atoms with Gasteiger partial charge in [0.15, 0.2) is 0 Å². The smallest absolute Gasteiger partial charge is 0.410 e. The highest BCUT2D eigenvalue weighted by atomic mass is 79.9. The minimum Gasteiger partial charge on any atom is -0.444 e. The molecule has 0 saturated carbocycles. The molecule has 1 heterocycles.